The van der Waals surface area contributed by atoms with Crippen molar-refractivity contribution in [3.05, 3.63) is 180 Å². The van der Waals surface area contributed by atoms with Crippen LogP contribution in [0.25, 0.3) is 0 Å². The van der Waals surface area contributed by atoms with Gasteiger partial charge in [-0.05, 0) is 165 Å². The molecule has 406 valence electrons. The Kier molecular flexibility index (Phi) is 22.9. The molecule has 0 radical (unpaired) electrons. The molecule has 0 saturated carbocycles. The molecule has 0 aliphatic heterocycles. The number of unbranched alkanes of at least 4 members (excludes halogenated alkanes) is 3. The predicted molar refractivity (Wildman–Crippen MR) is 302 cm³/mol. The number of aromatic nitrogens is 3. The molecular formula is C58H71ClN12O6. The molecule has 0 bridgehead atoms. The number of benzene rings is 3. The Morgan fingerprint density at radius 2 is 0.662 bits per heavy atom. The van der Waals surface area contributed by atoms with E-state index in [1.54, 1.807) is 110 Å². The summed E-state index contributed by atoms with van der Waals surface area (Å²) in [5.74, 6) is -3.79. The van der Waals surface area contributed by atoms with Gasteiger partial charge >= 0.3 is 0 Å². The molecule has 0 unspecified atom stereocenters. The molecule has 19 heteroatoms. The molecule has 6 aromatic rings. The summed E-state index contributed by atoms with van der Waals surface area (Å²) in [5.41, 5.74) is 37.2. The fourth-order valence-corrected chi connectivity index (χ4v) is 8.90. The highest BCUT2D eigenvalue weighted by Gasteiger charge is 2.43. The molecule has 0 aliphatic carbocycles. The number of hydrogen-bond acceptors (Lipinski definition) is 15. The minimum atomic E-state index is -1.85. The van der Waals surface area contributed by atoms with Crippen molar-refractivity contribution >= 4 is 64.5 Å². The zero-order chi connectivity index (χ0) is 54.6. The lowest BCUT2D eigenvalue weighted by atomic mass is 9.84. The van der Waals surface area contributed by atoms with Crippen LogP contribution in [0, 0.1) is 0 Å². The summed E-state index contributed by atoms with van der Waals surface area (Å²) in [5, 5.41) is 8.62. The van der Waals surface area contributed by atoms with Crippen molar-refractivity contribution in [2.45, 2.75) is 99.6 Å². The van der Waals surface area contributed by atoms with Gasteiger partial charge in [-0.15, -0.1) is 12.4 Å². The van der Waals surface area contributed by atoms with Gasteiger partial charge in [0.2, 0.25) is 0 Å². The normalized spacial score (nSPS) is 13.4. The molecule has 0 saturated heterocycles. The van der Waals surface area contributed by atoms with Gasteiger partial charge in [-0.2, -0.15) is 0 Å². The van der Waals surface area contributed by atoms with Crippen LogP contribution >= 0.6 is 12.4 Å². The van der Waals surface area contributed by atoms with E-state index in [4.69, 9.17) is 34.4 Å². The van der Waals surface area contributed by atoms with Crippen molar-refractivity contribution in [3.8, 4) is 0 Å². The Labute approximate surface area is 455 Å². The van der Waals surface area contributed by atoms with Gasteiger partial charge in [0.15, 0.2) is 34.0 Å². The highest BCUT2D eigenvalue weighted by molar-refractivity contribution is 6.17. The maximum absolute atomic E-state index is 14.0. The maximum Gasteiger partial charge on any atom is 0.252 e. The number of pyridine rings is 3. The smallest absolute Gasteiger partial charge is 0.252 e. The fraction of sp³-hybridized carbons (Fsp3) is 0.328. The number of nitrogens with two attached hydrogens (primary N) is 6. The van der Waals surface area contributed by atoms with E-state index in [0.717, 1.165) is 16.7 Å². The number of amides is 3. The van der Waals surface area contributed by atoms with E-state index in [1.165, 1.54) is 0 Å². The second-order valence-corrected chi connectivity index (χ2v) is 19.2. The van der Waals surface area contributed by atoms with Gasteiger partial charge in [-0.25, -0.2) is 0 Å². The number of anilines is 3. The molecule has 3 atom stereocenters. The number of halogens is 1. The molecule has 77 heavy (non-hydrogen) atoms. The maximum atomic E-state index is 14.0. The summed E-state index contributed by atoms with van der Waals surface area (Å²) in [6, 6.07) is 31.7. The molecule has 3 heterocycles. The van der Waals surface area contributed by atoms with E-state index < -0.39 is 57.6 Å². The van der Waals surface area contributed by atoms with Gasteiger partial charge < -0.3 is 50.4 Å². The van der Waals surface area contributed by atoms with Gasteiger partial charge in [0.05, 0.1) is 0 Å². The Hall–Kier alpha value is -7.42. The van der Waals surface area contributed by atoms with Crippen LogP contribution in [0.2, 0.25) is 0 Å². The molecule has 3 aromatic heterocycles. The standard InChI is InChI=1S/C58H70N12O6.ClH/c59-28-4-1-25-56(62,49(71)34-40-10-7-31-65-37-40)53(74)68-46-19-13-43(14-20-46)52(44-15-21-47(22-16-44)69-54(75)57(63,26-2-5-29-60)50(72)35-41-11-8-32-66-38-41)45-17-23-48(24-18-45)70-55(76)58(64,27-3-6-30-61)51(73)36-42-12-9-33-67-39-42;/h7-24,31-33,37-39,52H,1-6,25-30,34-36,59-64H2,(H,68,74)(H,69,75)(H,70,76);1H/t56-,57-,58-;/m1./s1. The number of nitrogens with zero attached hydrogens (tertiary/aromatic N) is 3. The van der Waals surface area contributed by atoms with Crippen LogP contribution in [0.5, 0.6) is 0 Å². The lowest BCUT2D eigenvalue weighted by Crippen LogP contribution is -2.58. The molecule has 0 spiro atoms. The van der Waals surface area contributed by atoms with E-state index in [-0.39, 0.29) is 50.9 Å². The number of hydrogen-bond donors (Lipinski definition) is 9. The Morgan fingerprint density at radius 1 is 0.403 bits per heavy atom. The Morgan fingerprint density at radius 3 is 0.883 bits per heavy atom. The minimum Gasteiger partial charge on any atom is -0.330 e. The lowest BCUT2D eigenvalue weighted by molar-refractivity contribution is -0.134. The molecule has 3 amide bonds. The molecule has 6 rings (SSSR count). The highest BCUT2D eigenvalue weighted by Crippen LogP contribution is 2.35. The number of carbonyl (C=O) groups is 6. The largest absolute Gasteiger partial charge is 0.330 e. The fourth-order valence-electron chi connectivity index (χ4n) is 8.90. The molecule has 18 nitrogen and oxygen atoms in total. The summed E-state index contributed by atoms with van der Waals surface area (Å²) in [7, 11) is 0. The zero-order valence-corrected chi connectivity index (χ0v) is 44.0. The SMILES string of the molecule is Cl.NCCCC[C@@](N)(C(=O)Cc1cccnc1)C(=O)Nc1ccc(C(c2ccc(NC(=O)[C@@](N)(CCCCN)C(=O)Cc3cccnc3)cc2)c2ccc(NC(=O)[C@@](N)(CCCCN)C(=O)Cc3cccnc3)cc2)cc1. The van der Waals surface area contributed by atoms with E-state index in [9.17, 15) is 28.8 Å². The Balaban J connectivity index is 0.0000109. The molecule has 0 aliphatic rings. The Bertz CT molecular complexity index is 2560. The molecular weight excluding hydrogens is 996 g/mol. The number of carbonyl (C=O) groups excluding carboxylic acids is 6. The first-order valence-electron chi connectivity index (χ1n) is 25.6. The van der Waals surface area contributed by atoms with Crippen molar-refractivity contribution in [1.82, 2.24) is 15.0 Å². The predicted octanol–water partition coefficient (Wildman–Crippen LogP) is 5.20. The van der Waals surface area contributed by atoms with Crippen LogP contribution in [0.15, 0.2) is 146 Å². The van der Waals surface area contributed by atoms with Crippen molar-refractivity contribution in [2.24, 2.45) is 34.4 Å². The van der Waals surface area contributed by atoms with Crippen LogP contribution < -0.4 is 50.4 Å². The third kappa shape index (κ3) is 16.3. The average Bonchev–Trinajstić information content (AvgIpc) is 3.43. The average molecular weight is 1070 g/mol. The first-order chi connectivity index (χ1) is 36.6. The van der Waals surface area contributed by atoms with Crippen molar-refractivity contribution in [1.29, 1.82) is 0 Å². The van der Waals surface area contributed by atoms with Crippen molar-refractivity contribution in [3.63, 3.8) is 0 Å². The van der Waals surface area contributed by atoms with Crippen molar-refractivity contribution < 1.29 is 28.8 Å². The monoisotopic (exact) mass is 1070 g/mol. The second kappa shape index (κ2) is 29.2. The molecule has 0 fully saturated rings. The van der Waals surface area contributed by atoms with E-state index in [0.29, 0.717) is 91.9 Å². The second-order valence-electron chi connectivity index (χ2n) is 19.2. The van der Waals surface area contributed by atoms with Gasteiger partial charge in [0.25, 0.3) is 17.7 Å². The summed E-state index contributed by atoms with van der Waals surface area (Å²) in [6.45, 7) is 1.13. The van der Waals surface area contributed by atoms with Crippen LogP contribution in [0.3, 0.4) is 0 Å². The van der Waals surface area contributed by atoms with Crippen LogP contribution in [0.1, 0.15) is 97.1 Å². The quantitative estimate of drug-likeness (QED) is 0.0159. The van der Waals surface area contributed by atoms with E-state index in [1.807, 2.05) is 36.4 Å². The number of rotatable bonds is 30. The number of Topliss-reactive ketones (excluding diaryl/α,β-unsaturated/α-hetero) is 3. The van der Waals surface area contributed by atoms with Crippen LogP contribution in [-0.2, 0) is 48.0 Å². The summed E-state index contributed by atoms with van der Waals surface area (Å²) in [4.78, 5) is 95.5. The first kappa shape index (κ1) is 60.4. The summed E-state index contributed by atoms with van der Waals surface area (Å²) in [6.07, 6.45) is 12.6. The minimum absolute atomic E-state index is 0. The first-order valence-corrected chi connectivity index (χ1v) is 25.6. The van der Waals surface area contributed by atoms with Gasteiger partial charge in [-0.3, -0.25) is 43.7 Å². The van der Waals surface area contributed by atoms with Gasteiger partial charge in [0.1, 0.15) is 0 Å². The highest BCUT2D eigenvalue weighted by atomic mass is 35.5. The molecule has 15 N–H and O–H groups in total. The van der Waals surface area contributed by atoms with Crippen LogP contribution in [-0.4, -0.2) is 86.3 Å². The molecule has 3 aromatic carbocycles. The number of ketones is 3. The lowest BCUT2D eigenvalue weighted by Gasteiger charge is -2.28. The topological polar surface area (TPSA) is 333 Å². The van der Waals surface area contributed by atoms with E-state index >= 15 is 0 Å². The van der Waals surface area contributed by atoms with E-state index in [2.05, 4.69) is 30.9 Å². The number of nitrogens with one attached hydrogen (secondary N) is 3. The summed E-state index contributed by atoms with van der Waals surface area (Å²) < 4.78 is 0. The zero-order valence-electron chi connectivity index (χ0n) is 43.2. The third-order valence-corrected chi connectivity index (χ3v) is 13.6. The third-order valence-electron chi connectivity index (χ3n) is 13.6. The van der Waals surface area contributed by atoms with Gasteiger partial charge in [0, 0.05) is 79.4 Å². The summed E-state index contributed by atoms with van der Waals surface area (Å²) >= 11 is 0. The van der Waals surface area contributed by atoms with Crippen molar-refractivity contribution in [2.75, 3.05) is 35.6 Å². The van der Waals surface area contributed by atoms with Gasteiger partial charge in [-0.1, -0.05) is 54.6 Å². The van der Waals surface area contributed by atoms with Crippen LogP contribution in [0.4, 0.5) is 17.1 Å².